The first-order valence-electron chi connectivity index (χ1n) is 7.48. The minimum absolute atomic E-state index is 0.136. The molecule has 2 aromatic rings. The van der Waals surface area contributed by atoms with Crippen molar-refractivity contribution in [2.24, 2.45) is 11.8 Å². The molecule has 0 unspecified atom stereocenters. The number of aliphatic carboxylic acids is 1. The molecule has 114 valence electrons. The van der Waals surface area contributed by atoms with Crippen LogP contribution in [0.3, 0.4) is 0 Å². The Balaban J connectivity index is 1.69. The van der Waals surface area contributed by atoms with Crippen LogP contribution in [0, 0.1) is 11.8 Å². The van der Waals surface area contributed by atoms with Crippen LogP contribution in [0.25, 0.3) is 5.52 Å². The summed E-state index contributed by atoms with van der Waals surface area (Å²) in [5.41, 5.74) is 1.14. The predicted molar refractivity (Wildman–Crippen MR) is 76.3 cm³/mol. The molecular formula is C15H16N4O3. The van der Waals surface area contributed by atoms with Crippen LogP contribution in [-0.2, 0) is 4.79 Å². The van der Waals surface area contributed by atoms with E-state index in [1.54, 1.807) is 23.2 Å². The zero-order valence-corrected chi connectivity index (χ0v) is 11.9. The fourth-order valence-electron chi connectivity index (χ4n) is 3.85. The summed E-state index contributed by atoms with van der Waals surface area (Å²) < 4.78 is 1.42. The Bertz CT molecular complexity index is 756. The van der Waals surface area contributed by atoms with Gasteiger partial charge in [-0.05, 0) is 37.3 Å². The number of aromatic nitrogens is 3. The molecule has 1 aliphatic carbocycles. The molecule has 2 aliphatic heterocycles. The number of carboxylic acids is 1. The summed E-state index contributed by atoms with van der Waals surface area (Å²) in [5, 5.41) is 17.6. The molecule has 1 saturated carbocycles. The molecule has 3 fully saturated rings. The summed E-state index contributed by atoms with van der Waals surface area (Å²) in [7, 11) is 0. The number of fused-ring (bicyclic) bond motifs is 4. The number of carboxylic acid groups (broad SMARTS) is 1. The summed E-state index contributed by atoms with van der Waals surface area (Å²) in [6, 6.07) is 3.35. The van der Waals surface area contributed by atoms with E-state index < -0.39 is 11.9 Å². The van der Waals surface area contributed by atoms with Gasteiger partial charge in [-0.2, -0.15) is 14.8 Å². The van der Waals surface area contributed by atoms with Crippen molar-refractivity contribution in [3.8, 4) is 0 Å². The third-order valence-electron chi connectivity index (χ3n) is 4.89. The van der Waals surface area contributed by atoms with Crippen molar-refractivity contribution in [2.75, 3.05) is 6.54 Å². The van der Waals surface area contributed by atoms with E-state index in [1.165, 1.54) is 10.8 Å². The van der Waals surface area contributed by atoms with Gasteiger partial charge in [-0.1, -0.05) is 0 Å². The molecule has 4 heterocycles. The topological polar surface area (TPSA) is 87.8 Å². The van der Waals surface area contributed by atoms with E-state index in [9.17, 15) is 14.7 Å². The van der Waals surface area contributed by atoms with Crippen LogP contribution in [-0.4, -0.2) is 49.3 Å². The van der Waals surface area contributed by atoms with E-state index in [0.717, 1.165) is 12.8 Å². The number of amides is 1. The van der Waals surface area contributed by atoms with Crippen molar-refractivity contribution < 1.29 is 14.7 Å². The molecule has 0 radical (unpaired) electrons. The van der Waals surface area contributed by atoms with Crippen LogP contribution in [0.1, 0.15) is 29.6 Å². The quantitative estimate of drug-likeness (QED) is 0.896. The van der Waals surface area contributed by atoms with E-state index in [1.807, 2.05) is 0 Å². The van der Waals surface area contributed by atoms with Crippen LogP contribution < -0.4 is 0 Å². The minimum Gasteiger partial charge on any atom is -0.481 e. The third kappa shape index (κ3) is 1.88. The number of hydrogen-bond acceptors (Lipinski definition) is 4. The van der Waals surface area contributed by atoms with Gasteiger partial charge in [0, 0.05) is 18.8 Å². The van der Waals surface area contributed by atoms with E-state index in [4.69, 9.17) is 0 Å². The predicted octanol–water partition coefficient (Wildman–Crippen LogP) is 1.05. The fourth-order valence-corrected chi connectivity index (χ4v) is 3.85. The van der Waals surface area contributed by atoms with Gasteiger partial charge < -0.3 is 10.0 Å². The lowest BCUT2D eigenvalue weighted by Gasteiger charge is -2.48. The average Bonchev–Trinajstić information content (AvgIpc) is 2.98. The summed E-state index contributed by atoms with van der Waals surface area (Å²) in [5.74, 6) is -1.09. The van der Waals surface area contributed by atoms with Gasteiger partial charge in [0.05, 0.1) is 17.7 Å². The van der Waals surface area contributed by atoms with Crippen LogP contribution in [0.5, 0.6) is 0 Å². The second kappa shape index (κ2) is 4.79. The average molecular weight is 300 g/mol. The molecule has 3 atom stereocenters. The first kappa shape index (κ1) is 13.2. The minimum atomic E-state index is -0.797. The number of carbonyl (C=O) groups is 2. The highest BCUT2D eigenvalue weighted by atomic mass is 16.4. The second-order valence-electron chi connectivity index (χ2n) is 6.11. The van der Waals surface area contributed by atoms with Gasteiger partial charge in [0.25, 0.3) is 5.91 Å². The Morgan fingerprint density at radius 3 is 2.91 bits per heavy atom. The van der Waals surface area contributed by atoms with Crippen LogP contribution >= 0.6 is 0 Å². The van der Waals surface area contributed by atoms with E-state index in [2.05, 4.69) is 10.2 Å². The number of carbonyl (C=O) groups excluding carboxylic acids is 1. The Kier molecular flexibility index (Phi) is 2.88. The smallest absolute Gasteiger partial charge is 0.308 e. The second-order valence-corrected chi connectivity index (χ2v) is 6.11. The molecule has 2 saturated heterocycles. The van der Waals surface area contributed by atoms with E-state index in [-0.39, 0.29) is 17.9 Å². The molecule has 7 heteroatoms. The highest BCUT2D eigenvalue weighted by Gasteiger charge is 2.46. The van der Waals surface area contributed by atoms with Crippen molar-refractivity contribution in [2.45, 2.75) is 25.3 Å². The normalized spacial score (nSPS) is 27.3. The molecule has 1 N–H and O–H groups in total. The van der Waals surface area contributed by atoms with Gasteiger partial charge in [-0.3, -0.25) is 9.59 Å². The van der Waals surface area contributed by atoms with Gasteiger partial charge >= 0.3 is 5.97 Å². The van der Waals surface area contributed by atoms with Gasteiger partial charge in [-0.15, -0.1) is 0 Å². The lowest BCUT2D eigenvalue weighted by Crippen LogP contribution is -2.57. The fraction of sp³-hybridized carbons (Fsp3) is 0.467. The van der Waals surface area contributed by atoms with E-state index in [0.29, 0.717) is 24.0 Å². The molecule has 0 aromatic carbocycles. The monoisotopic (exact) mass is 300 g/mol. The molecule has 5 rings (SSSR count). The zero-order valence-electron chi connectivity index (χ0n) is 11.9. The third-order valence-corrected chi connectivity index (χ3v) is 4.89. The van der Waals surface area contributed by atoms with Gasteiger partial charge in [0.2, 0.25) is 0 Å². The summed E-state index contributed by atoms with van der Waals surface area (Å²) >= 11 is 0. The van der Waals surface area contributed by atoms with Gasteiger partial charge in [-0.25, -0.2) is 0 Å². The Hall–Kier alpha value is -2.44. The number of piperidine rings is 2. The molecule has 3 aliphatic rings. The van der Waals surface area contributed by atoms with Crippen molar-refractivity contribution in [1.29, 1.82) is 0 Å². The highest BCUT2D eigenvalue weighted by molar-refractivity contribution is 6.01. The lowest BCUT2D eigenvalue weighted by atomic mass is 9.72. The first-order valence-corrected chi connectivity index (χ1v) is 7.48. The van der Waals surface area contributed by atoms with Gasteiger partial charge in [0.1, 0.15) is 5.52 Å². The number of hydrogen-bond donors (Lipinski definition) is 1. The molecule has 2 bridgehead atoms. The Morgan fingerprint density at radius 2 is 2.14 bits per heavy atom. The number of rotatable bonds is 2. The highest BCUT2D eigenvalue weighted by Crippen LogP contribution is 2.40. The van der Waals surface area contributed by atoms with Crippen molar-refractivity contribution in [3.05, 3.63) is 30.1 Å². The van der Waals surface area contributed by atoms with Gasteiger partial charge in [0.15, 0.2) is 0 Å². The zero-order chi connectivity index (χ0) is 15.3. The maximum Gasteiger partial charge on any atom is 0.308 e. The van der Waals surface area contributed by atoms with Crippen LogP contribution in [0.4, 0.5) is 0 Å². The molecule has 22 heavy (non-hydrogen) atoms. The maximum atomic E-state index is 12.9. The maximum absolute atomic E-state index is 12.9. The molecule has 7 nitrogen and oxygen atoms in total. The van der Waals surface area contributed by atoms with Crippen molar-refractivity contribution in [3.63, 3.8) is 0 Å². The molecule has 1 amide bonds. The lowest BCUT2D eigenvalue weighted by molar-refractivity contribution is -0.148. The first-order chi connectivity index (χ1) is 10.6. The van der Waals surface area contributed by atoms with E-state index >= 15 is 0 Å². The van der Waals surface area contributed by atoms with Crippen LogP contribution in [0.2, 0.25) is 0 Å². The molecule has 2 aromatic heterocycles. The Morgan fingerprint density at radius 1 is 1.27 bits per heavy atom. The summed E-state index contributed by atoms with van der Waals surface area (Å²) in [6.45, 7) is 0.644. The SMILES string of the molecule is O=C(O)[C@@H]1C[C@H]2CC[C@@H]1N(C(=O)c1cnn3ncccc13)C2. The summed E-state index contributed by atoms with van der Waals surface area (Å²) in [4.78, 5) is 26.1. The molecular weight excluding hydrogens is 284 g/mol. The van der Waals surface area contributed by atoms with Crippen molar-refractivity contribution >= 4 is 17.4 Å². The van der Waals surface area contributed by atoms with Crippen LogP contribution in [0.15, 0.2) is 24.5 Å². The Labute approximate surface area is 126 Å². The standard InChI is InChI=1S/C15H16N4O3/c20-14(11-7-17-19-13(11)2-1-5-16-19)18-8-9-3-4-12(18)10(6-9)15(21)22/h1-2,5,7,9-10,12H,3-4,6,8H2,(H,21,22)/t9-,10-,12+/m1/s1. The van der Waals surface area contributed by atoms with Crippen molar-refractivity contribution in [1.82, 2.24) is 19.7 Å². The number of nitrogens with zero attached hydrogens (tertiary/aromatic N) is 4. The molecule has 0 spiro atoms. The summed E-state index contributed by atoms with van der Waals surface area (Å²) in [6.07, 6.45) is 5.58. The largest absolute Gasteiger partial charge is 0.481 e.